The summed E-state index contributed by atoms with van der Waals surface area (Å²) in [5.74, 6) is 2.63. The van der Waals surface area contributed by atoms with E-state index in [9.17, 15) is 4.79 Å². The maximum absolute atomic E-state index is 12.1. The molecule has 3 heterocycles. The van der Waals surface area contributed by atoms with Gasteiger partial charge in [-0.1, -0.05) is 0 Å². The average Bonchev–Trinajstić information content (AvgIpc) is 3.32. The summed E-state index contributed by atoms with van der Waals surface area (Å²) in [5.41, 5.74) is 1.40. The van der Waals surface area contributed by atoms with Gasteiger partial charge in [0.2, 0.25) is 18.6 Å². The summed E-state index contributed by atoms with van der Waals surface area (Å²) in [7, 11) is 0. The van der Waals surface area contributed by atoms with Gasteiger partial charge in [0.25, 0.3) is 5.89 Å². The van der Waals surface area contributed by atoms with Crippen molar-refractivity contribution in [2.45, 2.75) is 19.8 Å². The van der Waals surface area contributed by atoms with Crippen molar-refractivity contribution in [1.29, 1.82) is 0 Å². The molecule has 0 spiro atoms. The smallest absolute Gasteiger partial charge is 0.251 e. The van der Waals surface area contributed by atoms with Gasteiger partial charge in [0.15, 0.2) is 11.5 Å². The number of furan rings is 1. The number of amides is 1. The molecular formula is C17H15N3O5. The Labute approximate surface area is 142 Å². The molecule has 0 aliphatic carbocycles. The highest BCUT2D eigenvalue weighted by molar-refractivity contribution is 5.91. The zero-order valence-electron chi connectivity index (χ0n) is 13.4. The number of ether oxygens (including phenoxy) is 2. The molecule has 1 amide bonds. The second-order valence-electron chi connectivity index (χ2n) is 5.51. The highest BCUT2D eigenvalue weighted by Crippen LogP contribution is 2.34. The molecule has 4 rings (SSSR count). The quantitative estimate of drug-likeness (QED) is 0.761. The topological polar surface area (TPSA) is 99.6 Å². The van der Waals surface area contributed by atoms with Crippen molar-refractivity contribution in [3.8, 4) is 23.0 Å². The van der Waals surface area contributed by atoms with E-state index in [-0.39, 0.29) is 19.1 Å². The van der Waals surface area contributed by atoms with Crippen molar-refractivity contribution in [3.63, 3.8) is 0 Å². The lowest BCUT2D eigenvalue weighted by Crippen LogP contribution is -2.12. The number of carbonyl (C=O) groups excluding carboxylic acids is 1. The van der Waals surface area contributed by atoms with E-state index in [2.05, 4.69) is 15.5 Å². The van der Waals surface area contributed by atoms with Gasteiger partial charge in [0.1, 0.15) is 5.76 Å². The molecule has 0 radical (unpaired) electrons. The lowest BCUT2D eigenvalue weighted by molar-refractivity contribution is -0.116. The number of nitrogens with zero attached hydrogens (tertiary/aromatic N) is 2. The van der Waals surface area contributed by atoms with Crippen molar-refractivity contribution >= 4 is 11.6 Å². The lowest BCUT2D eigenvalue weighted by Gasteiger charge is -2.05. The SMILES string of the molecule is Cc1occc1-c1nnc(CCC(=O)Nc2ccc3c(c2)OCO3)o1. The van der Waals surface area contributed by atoms with Gasteiger partial charge in [0.05, 0.1) is 11.8 Å². The first kappa shape index (κ1) is 15.3. The van der Waals surface area contributed by atoms with Crippen LogP contribution in [0.4, 0.5) is 5.69 Å². The number of benzene rings is 1. The second kappa shape index (κ2) is 6.31. The minimum atomic E-state index is -0.155. The minimum absolute atomic E-state index is 0.155. The van der Waals surface area contributed by atoms with Crippen molar-refractivity contribution < 1.29 is 23.1 Å². The predicted octanol–water partition coefficient (Wildman–Crippen LogP) is 2.94. The summed E-state index contributed by atoms with van der Waals surface area (Å²) in [6.45, 7) is 2.01. The fourth-order valence-electron chi connectivity index (χ4n) is 2.49. The summed E-state index contributed by atoms with van der Waals surface area (Å²) in [6.07, 6.45) is 2.13. The molecule has 0 saturated heterocycles. The average molecular weight is 341 g/mol. The van der Waals surface area contributed by atoms with Crippen molar-refractivity contribution in [1.82, 2.24) is 10.2 Å². The molecule has 1 aliphatic rings. The molecule has 0 unspecified atom stereocenters. The van der Waals surface area contributed by atoms with Gasteiger partial charge in [-0.05, 0) is 25.1 Å². The monoisotopic (exact) mass is 341 g/mol. The van der Waals surface area contributed by atoms with Crippen LogP contribution in [0.5, 0.6) is 11.5 Å². The van der Waals surface area contributed by atoms with Crippen LogP contribution in [0.2, 0.25) is 0 Å². The predicted molar refractivity (Wildman–Crippen MR) is 86.3 cm³/mol. The number of fused-ring (bicyclic) bond motifs is 1. The number of nitrogens with one attached hydrogen (secondary N) is 1. The van der Waals surface area contributed by atoms with E-state index in [1.807, 2.05) is 6.92 Å². The molecule has 25 heavy (non-hydrogen) atoms. The first-order chi connectivity index (χ1) is 12.2. The van der Waals surface area contributed by atoms with E-state index in [0.717, 1.165) is 5.56 Å². The van der Waals surface area contributed by atoms with Gasteiger partial charge in [-0.25, -0.2) is 0 Å². The molecule has 1 aliphatic heterocycles. The standard InChI is InChI=1S/C17H15N3O5/c1-10-12(6-7-22-10)17-20-19-16(25-17)5-4-15(21)18-11-2-3-13-14(8-11)24-9-23-13/h2-3,6-8H,4-5,9H2,1H3,(H,18,21). The van der Waals surface area contributed by atoms with E-state index >= 15 is 0 Å². The molecule has 0 bridgehead atoms. The maximum Gasteiger partial charge on any atom is 0.251 e. The van der Waals surface area contributed by atoms with E-state index in [0.29, 0.717) is 41.1 Å². The number of aromatic nitrogens is 2. The van der Waals surface area contributed by atoms with Gasteiger partial charge in [-0.2, -0.15) is 0 Å². The fraction of sp³-hybridized carbons (Fsp3) is 0.235. The molecule has 2 aromatic heterocycles. The number of anilines is 1. The highest BCUT2D eigenvalue weighted by atomic mass is 16.7. The Bertz CT molecular complexity index is 915. The van der Waals surface area contributed by atoms with E-state index in [4.69, 9.17) is 18.3 Å². The van der Waals surface area contributed by atoms with Crippen molar-refractivity contribution in [2.75, 3.05) is 12.1 Å². The van der Waals surface area contributed by atoms with Gasteiger partial charge >= 0.3 is 0 Å². The Balaban J connectivity index is 1.35. The Morgan fingerprint density at radius 2 is 2.08 bits per heavy atom. The van der Waals surface area contributed by atoms with Crippen LogP contribution in [-0.4, -0.2) is 22.9 Å². The van der Waals surface area contributed by atoms with E-state index < -0.39 is 0 Å². The molecule has 0 fully saturated rings. The zero-order chi connectivity index (χ0) is 17.2. The Kier molecular flexibility index (Phi) is 3.85. The minimum Gasteiger partial charge on any atom is -0.469 e. The molecule has 8 heteroatoms. The summed E-state index contributed by atoms with van der Waals surface area (Å²) in [4.78, 5) is 12.1. The lowest BCUT2D eigenvalue weighted by atomic mass is 10.2. The van der Waals surface area contributed by atoms with Gasteiger partial charge in [-0.3, -0.25) is 4.79 Å². The summed E-state index contributed by atoms with van der Waals surface area (Å²) >= 11 is 0. The Morgan fingerprint density at radius 1 is 1.20 bits per heavy atom. The van der Waals surface area contributed by atoms with Crippen LogP contribution in [0.15, 0.2) is 39.4 Å². The molecule has 3 aromatic rings. The van der Waals surface area contributed by atoms with Crippen molar-refractivity contribution in [3.05, 3.63) is 42.2 Å². The van der Waals surface area contributed by atoms with E-state index in [1.165, 1.54) is 0 Å². The Hall–Kier alpha value is -3.29. The third-order valence-corrected chi connectivity index (χ3v) is 3.78. The van der Waals surface area contributed by atoms with Crippen LogP contribution >= 0.6 is 0 Å². The van der Waals surface area contributed by atoms with Crippen molar-refractivity contribution in [2.24, 2.45) is 0 Å². The van der Waals surface area contributed by atoms with Crippen LogP contribution in [0.3, 0.4) is 0 Å². The summed E-state index contributed by atoms with van der Waals surface area (Å²) < 4.78 is 21.3. The van der Waals surface area contributed by atoms with Crippen LogP contribution in [0, 0.1) is 6.92 Å². The van der Waals surface area contributed by atoms with Gasteiger partial charge in [0, 0.05) is 24.6 Å². The van der Waals surface area contributed by atoms with Crippen LogP contribution in [0.25, 0.3) is 11.5 Å². The molecule has 1 aromatic carbocycles. The normalized spacial score (nSPS) is 12.4. The Morgan fingerprint density at radius 3 is 2.92 bits per heavy atom. The van der Waals surface area contributed by atoms with Gasteiger partial charge in [-0.15, -0.1) is 10.2 Å². The molecular weight excluding hydrogens is 326 g/mol. The highest BCUT2D eigenvalue weighted by Gasteiger charge is 2.16. The molecule has 0 saturated carbocycles. The third kappa shape index (κ3) is 3.18. The third-order valence-electron chi connectivity index (χ3n) is 3.78. The number of hydrogen-bond acceptors (Lipinski definition) is 7. The molecule has 0 atom stereocenters. The number of rotatable bonds is 5. The largest absolute Gasteiger partial charge is 0.469 e. The summed E-state index contributed by atoms with van der Waals surface area (Å²) in [5, 5.41) is 10.8. The van der Waals surface area contributed by atoms with Gasteiger partial charge < -0.3 is 23.6 Å². The van der Waals surface area contributed by atoms with E-state index in [1.54, 1.807) is 30.5 Å². The second-order valence-corrected chi connectivity index (χ2v) is 5.51. The number of carbonyl (C=O) groups is 1. The van der Waals surface area contributed by atoms with Crippen LogP contribution in [0.1, 0.15) is 18.1 Å². The fourth-order valence-corrected chi connectivity index (χ4v) is 2.49. The number of aryl methyl sites for hydroxylation is 2. The molecule has 128 valence electrons. The first-order valence-corrected chi connectivity index (χ1v) is 7.75. The zero-order valence-corrected chi connectivity index (χ0v) is 13.4. The van der Waals surface area contributed by atoms with Crippen LogP contribution in [-0.2, 0) is 11.2 Å². The molecule has 1 N–H and O–H groups in total. The van der Waals surface area contributed by atoms with Crippen LogP contribution < -0.4 is 14.8 Å². The summed E-state index contributed by atoms with van der Waals surface area (Å²) in [6, 6.07) is 7.01. The number of hydrogen-bond donors (Lipinski definition) is 1. The maximum atomic E-state index is 12.1. The first-order valence-electron chi connectivity index (χ1n) is 7.75. The molecule has 8 nitrogen and oxygen atoms in total.